The largest absolute Gasteiger partial charge is 0.501 e. The van der Waals surface area contributed by atoms with Crippen LogP contribution in [0.5, 0.6) is 0 Å². The van der Waals surface area contributed by atoms with E-state index >= 15 is 0 Å². The maximum absolute atomic E-state index is 11.4. The number of hydrogen-bond acceptors (Lipinski definition) is 2. The number of anilines is 1. The van der Waals surface area contributed by atoms with Gasteiger partial charge >= 0.3 is 0 Å². The van der Waals surface area contributed by atoms with E-state index in [1.165, 1.54) is 12.3 Å². The zero-order chi connectivity index (χ0) is 12.0. The van der Waals surface area contributed by atoms with Gasteiger partial charge in [-0.05, 0) is 37.6 Å². The van der Waals surface area contributed by atoms with Gasteiger partial charge in [-0.15, -0.1) is 0 Å². The average molecular weight is 284 g/mol. The molecule has 0 aliphatic rings. The fourth-order valence-corrected chi connectivity index (χ4v) is 1.81. The molecule has 0 saturated carbocycles. The van der Waals surface area contributed by atoms with Crippen molar-refractivity contribution in [3.05, 3.63) is 40.6 Å². The fourth-order valence-electron chi connectivity index (χ4n) is 1.20. The summed E-state index contributed by atoms with van der Waals surface area (Å²) < 4.78 is 5.88. The molecule has 0 heterocycles. The predicted molar refractivity (Wildman–Crippen MR) is 68.3 cm³/mol. The third-order valence-electron chi connectivity index (χ3n) is 1.79. The van der Waals surface area contributed by atoms with Gasteiger partial charge in [-0.25, -0.2) is 0 Å². The van der Waals surface area contributed by atoms with Gasteiger partial charge in [0.2, 0.25) is 0 Å². The minimum absolute atomic E-state index is 0.203. The second kappa shape index (κ2) is 6.33. The third kappa shape index (κ3) is 4.49. The molecule has 1 N–H and O–H groups in total. The molecule has 0 aromatic heterocycles. The molecule has 0 spiro atoms. The highest BCUT2D eigenvalue weighted by atomic mass is 79.9. The first-order valence-corrected chi connectivity index (χ1v) is 5.77. The van der Waals surface area contributed by atoms with E-state index in [0.29, 0.717) is 6.61 Å². The monoisotopic (exact) mass is 283 g/mol. The first-order chi connectivity index (χ1) is 7.61. The van der Waals surface area contributed by atoms with Gasteiger partial charge in [-0.2, -0.15) is 0 Å². The summed E-state index contributed by atoms with van der Waals surface area (Å²) in [4.78, 5) is 11.4. The minimum Gasteiger partial charge on any atom is -0.501 e. The van der Waals surface area contributed by atoms with Gasteiger partial charge in [0, 0.05) is 16.2 Å². The van der Waals surface area contributed by atoms with Gasteiger partial charge in [0.15, 0.2) is 0 Å². The van der Waals surface area contributed by atoms with Crippen LogP contribution in [0.15, 0.2) is 35.0 Å². The maximum atomic E-state index is 11.4. The summed E-state index contributed by atoms with van der Waals surface area (Å²) >= 11 is 3.37. The lowest BCUT2D eigenvalue weighted by molar-refractivity contribution is -0.112. The van der Waals surface area contributed by atoms with Crippen LogP contribution in [0.25, 0.3) is 0 Å². The van der Waals surface area contributed by atoms with E-state index in [1.54, 1.807) is 0 Å². The average Bonchev–Trinajstić information content (AvgIpc) is 2.16. The lowest BCUT2D eigenvalue weighted by Gasteiger charge is -2.04. The number of benzene rings is 1. The molecule has 86 valence electrons. The Morgan fingerprint density at radius 1 is 1.50 bits per heavy atom. The SMILES string of the molecule is CCO/C=C/C(=O)Nc1cc(C)cc(Br)c1. The summed E-state index contributed by atoms with van der Waals surface area (Å²) in [6.07, 6.45) is 2.75. The molecule has 1 aromatic carbocycles. The third-order valence-corrected chi connectivity index (χ3v) is 2.25. The van der Waals surface area contributed by atoms with Crippen molar-refractivity contribution >= 4 is 27.5 Å². The van der Waals surface area contributed by atoms with E-state index < -0.39 is 0 Å². The predicted octanol–water partition coefficient (Wildman–Crippen LogP) is 3.25. The van der Waals surface area contributed by atoms with Crippen molar-refractivity contribution in [3.63, 3.8) is 0 Å². The highest BCUT2D eigenvalue weighted by Gasteiger charge is 1.99. The summed E-state index contributed by atoms with van der Waals surface area (Å²) in [6.45, 7) is 4.39. The van der Waals surface area contributed by atoms with Crippen LogP contribution >= 0.6 is 15.9 Å². The molecule has 1 rings (SSSR count). The number of rotatable bonds is 4. The van der Waals surface area contributed by atoms with Crippen molar-refractivity contribution in [1.82, 2.24) is 0 Å². The summed E-state index contributed by atoms with van der Waals surface area (Å²) in [6, 6.07) is 5.72. The van der Waals surface area contributed by atoms with Crippen molar-refractivity contribution < 1.29 is 9.53 Å². The zero-order valence-electron chi connectivity index (χ0n) is 9.29. The number of carbonyl (C=O) groups is 1. The topological polar surface area (TPSA) is 38.3 Å². The summed E-state index contributed by atoms with van der Waals surface area (Å²) in [5.74, 6) is -0.203. The van der Waals surface area contributed by atoms with Gasteiger partial charge in [-0.3, -0.25) is 4.79 Å². The van der Waals surface area contributed by atoms with E-state index in [0.717, 1.165) is 15.7 Å². The Bertz CT molecular complexity index is 382. The van der Waals surface area contributed by atoms with Crippen molar-refractivity contribution in [1.29, 1.82) is 0 Å². The molecule has 0 radical (unpaired) electrons. The molecule has 0 atom stereocenters. The second-order valence-corrected chi connectivity index (χ2v) is 4.18. The lowest BCUT2D eigenvalue weighted by atomic mass is 10.2. The van der Waals surface area contributed by atoms with Crippen LogP contribution in [0.4, 0.5) is 5.69 Å². The Balaban J connectivity index is 2.62. The molecule has 0 saturated heterocycles. The summed E-state index contributed by atoms with van der Waals surface area (Å²) in [5, 5.41) is 2.75. The second-order valence-electron chi connectivity index (χ2n) is 3.26. The molecular weight excluding hydrogens is 270 g/mol. The van der Waals surface area contributed by atoms with Gasteiger partial charge < -0.3 is 10.1 Å². The molecule has 1 amide bonds. The molecule has 0 fully saturated rings. The molecule has 0 aliphatic heterocycles. The van der Waals surface area contributed by atoms with E-state index in [4.69, 9.17) is 4.74 Å². The molecular formula is C12H14BrNO2. The molecule has 1 aromatic rings. The van der Waals surface area contributed by atoms with Gasteiger partial charge in [0.05, 0.1) is 12.9 Å². The quantitative estimate of drug-likeness (QED) is 0.681. The minimum atomic E-state index is -0.203. The van der Waals surface area contributed by atoms with Crippen LogP contribution in [0.1, 0.15) is 12.5 Å². The molecule has 4 heteroatoms. The number of nitrogens with one attached hydrogen (secondary N) is 1. The van der Waals surface area contributed by atoms with E-state index in [2.05, 4.69) is 21.2 Å². The van der Waals surface area contributed by atoms with Crippen LogP contribution in [-0.4, -0.2) is 12.5 Å². The number of halogens is 1. The number of aryl methyl sites for hydroxylation is 1. The molecule has 0 bridgehead atoms. The van der Waals surface area contributed by atoms with Crippen LogP contribution in [-0.2, 0) is 9.53 Å². The van der Waals surface area contributed by atoms with E-state index in [9.17, 15) is 4.79 Å². The van der Waals surface area contributed by atoms with Crippen LogP contribution in [0.3, 0.4) is 0 Å². The van der Waals surface area contributed by atoms with Crippen molar-refractivity contribution in [2.24, 2.45) is 0 Å². The number of carbonyl (C=O) groups excluding carboxylic acids is 1. The zero-order valence-corrected chi connectivity index (χ0v) is 10.9. The normalized spacial score (nSPS) is 10.4. The van der Waals surface area contributed by atoms with Gasteiger partial charge in [0.1, 0.15) is 0 Å². The highest BCUT2D eigenvalue weighted by molar-refractivity contribution is 9.10. The Hall–Kier alpha value is -1.29. The van der Waals surface area contributed by atoms with Gasteiger partial charge in [-0.1, -0.05) is 15.9 Å². The van der Waals surface area contributed by atoms with Crippen LogP contribution in [0.2, 0.25) is 0 Å². The fraction of sp³-hybridized carbons (Fsp3) is 0.250. The van der Waals surface area contributed by atoms with E-state index in [-0.39, 0.29) is 5.91 Å². The first kappa shape index (κ1) is 12.8. The summed E-state index contributed by atoms with van der Waals surface area (Å²) in [7, 11) is 0. The first-order valence-electron chi connectivity index (χ1n) is 4.98. The Morgan fingerprint density at radius 3 is 2.88 bits per heavy atom. The Labute approximate surface area is 104 Å². The lowest BCUT2D eigenvalue weighted by Crippen LogP contribution is -2.08. The van der Waals surface area contributed by atoms with Crippen molar-refractivity contribution in [2.75, 3.05) is 11.9 Å². The van der Waals surface area contributed by atoms with Gasteiger partial charge in [0.25, 0.3) is 5.91 Å². The van der Waals surface area contributed by atoms with E-state index in [1.807, 2.05) is 32.0 Å². The van der Waals surface area contributed by atoms with Crippen LogP contribution in [0, 0.1) is 6.92 Å². The van der Waals surface area contributed by atoms with Crippen molar-refractivity contribution in [2.45, 2.75) is 13.8 Å². The summed E-state index contributed by atoms with van der Waals surface area (Å²) in [5.41, 5.74) is 1.84. The molecule has 16 heavy (non-hydrogen) atoms. The molecule has 0 aliphatic carbocycles. The maximum Gasteiger partial charge on any atom is 0.251 e. The Morgan fingerprint density at radius 2 is 2.25 bits per heavy atom. The number of ether oxygens (including phenoxy) is 1. The molecule has 3 nitrogen and oxygen atoms in total. The van der Waals surface area contributed by atoms with Crippen molar-refractivity contribution in [3.8, 4) is 0 Å². The highest BCUT2D eigenvalue weighted by Crippen LogP contribution is 2.18. The van der Waals surface area contributed by atoms with Crippen LogP contribution < -0.4 is 5.32 Å². The number of amides is 1. The standard InChI is InChI=1S/C12H14BrNO2/c1-3-16-5-4-12(15)14-11-7-9(2)6-10(13)8-11/h4-8H,3H2,1-2H3,(H,14,15)/b5-4+. The smallest absolute Gasteiger partial charge is 0.251 e. The Kier molecular flexibility index (Phi) is 5.05. The molecule has 0 unspecified atom stereocenters. The number of hydrogen-bond donors (Lipinski definition) is 1.